The number of carbonyl (C=O) groups excluding carboxylic acids is 3. The summed E-state index contributed by atoms with van der Waals surface area (Å²) >= 11 is 0. The van der Waals surface area contributed by atoms with E-state index in [0.29, 0.717) is 17.0 Å². The van der Waals surface area contributed by atoms with Crippen molar-refractivity contribution in [2.24, 2.45) is 0 Å². The fraction of sp³-hybridized carbons (Fsp3) is 0.250. The standard InChI is InChI=1S/C28H29NO5/c1-18-5-7-22(15-20(18)3)26(30)17-33-28(32)14-13-27(31)29-23-8-11-24(12-9-23)34-25-10-6-19(2)21(4)16-25/h5-12,15-16H,13-14,17H2,1-4H3,(H,29,31). The molecule has 1 amide bonds. The summed E-state index contributed by atoms with van der Waals surface area (Å²) in [6.45, 7) is 7.61. The van der Waals surface area contributed by atoms with Crippen molar-refractivity contribution in [2.45, 2.75) is 40.5 Å². The average molecular weight is 460 g/mol. The van der Waals surface area contributed by atoms with Crippen LogP contribution in [0.2, 0.25) is 0 Å². The molecule has 0 aliphatic carbocycles. The van der Waals surface area contributed by atoms with Gasteiger partial charge in [0.05, 0.1) is 6.42 Å². The van der Waals surface area contributed by atoms with Crippen LogP contribution in [-0.2, 0) is 14.3 Å². The third-order valence-electron chi connectivity index (χ3n) is 5.60. The fourth-order valence-corrected chi connectivity index (χ4v) is 3.18. The molecule has 6 nitrogen and oxygen atoms in total. The summed E-state index contributed by atoms with van der Waals surface area (Å²) in [4.78, 5) is 36.3. The van der Waals surface area contributed by atoms with Crippen LogP contribution in [0.15, 0.2) is 60.7 Å². The second-order valence-corrected chi connectivity index (χ2v) is 8.30. The van der Waals surface area contributed by atoms with Crippen LogP contribution in [0, 0.1) is 27.7 Å². The van der Waals surface area contributed by atoms with E-state index in [2.05, 4.69) is 5.32 Å². The first-order chi connectivity index (χ1) is 16.2. The van der Waals surface area contributed by atoms with E-state index in [9.17, 15) is 14.4 Å². The summed E-state index contributed by atoms with van der Waals surface area (Å²) in [5.74, 6) is 0.210. The highest BCUT2D eigenvalue weighted by atomic mass is 16.5. The molecule has 0 radical (unpaired) electrons. The van der Waals surface area contributed by atoms with E-state index in [-0.39, 0.29) is 31.1 Å². The van der Waals surface area contributed by atoms with Gasteiger partial charge >= 0.3 is 5.97 Å². The van der Waals surface area contributed by atoms with Gasteiger partial charge in [-0.05, 0) is 92.4 Å². The van der Waals surface area contributed by atoms with Crippen LogP contribution in [0.25, 0.3) is 0 Å². The van der Waals surface area contributed by atoms with Gasteiger partial charge in [0.15, 0.2) is 12.4 Å². The van der Waals surface area contributed by atoms with Crippen LogP contribution in [0.3, 0.4) is 0 Å². The molecule has 0 aromatic heterocycles. The lowest BCUT2D eigenvalue weighted by Crippen LogP contribution is -2.17. The van der Waals surface area contributed by atoms with Crippen LogP contribution in [0.1, 0.15) is 45.5 Å². The fourth-order valence-electron chi connectivity index (χ4n) is 3.18. The maximum absolute atomic E-state index is 12.2. The molecule has 34 heavy (non-hydrogen) atoms. The number of benzene rings is 3. The van der Waals surface area contributed by atoms with E-state index in [1.807, 2.05) is 52.0 Å². The molecule has 3 aromatic carbocycles. The molecule has 0 saturated carbocycles. The van der Waals surface area contributed by atoms with Gasteiger partial charge in [0.2, 0.25) is 5.91 Å². The van der Waals surface area contributed by atoms with Crippen molar-refractivity contribution >= 4 is 23.3 Å². The Labute approximate surface area is 199 Å². The van der Waals surface area contributed by atoms with Crippen molar-refractivity contribution in [3.63, 3.8) is 0 Å². The Balaban J connectivity index is 1.41. The smallest absolute Gasteiger partial charge is 0.306 e. The first kappa shape index (κ1) is 24.7. The minimum atomic E-state index is -0.593. The molecule has 3 rings (SSSR count). The Morgan fingerprint density at radius 2 is 1.32 bits per heavy atom. The van der Waals surface area contributed by atoms with Crippen LogP contribution in [0.5, 0.6) is 11.5 Å². The van der Waals surface area contributed by atoms with Crippen molar-refractivity contribution in [3.8, 4) is 11.5 Å². The number of carbonyl (C=O) groups is 3. The van der Waals surface area contributed by atoms with Crippen molar-refractivity contribution in [2.75, 3.05) is 11.9 Å². The molecule has 6 heteroatoms. The van der Waals surface area contributed by atoms with Gasteiger partial charge in [-0.25, -0.2) is 0 Å². The molecule has 0 saturated heterocycles. The van der Waals surface area contributed by atoms with Crippen LogP contribution < -0.4 is 10.1 Å². The Morgan fingerprint density at radius 1 is 0.706 bits per heavy atom. The molecule has 0 spiro atoms. The Bertz CT molecular complexity index is 1200. The molecule has 3 aromatic rings. The van der Waals surface area contributed by atoms with Crippen LogP contribution >= 0.6 is 0 Å². The number of ketones is 1. The zero-order valence-corrected chi connectivity index (χ0v) is 19.9. The Morgan fingerprint density at radius 3 is 1.97 bits per heavy atom. The molecule has 0 aliphatic rings. The topological polar surface area (TPSA) is 81.7 Å². The number of amides is 1. The lowest BCUT2D eigenvalue weighted by molar-refractivity contribution is -0.143. The quantitative estimate of drug-likeness (QED) is 0.320. The van der Waals surface area contributed by atoms with Gasteiger partial charge in [-0.15, -0.1) is 0 Å². The summed E-state index contributed by atoms with van der Waals surface area (Å²) in [6.07, 6.45) is -0.155. The first-order valence-corrected chi connectivity index (χ1v) is 11.1. The second-order valence-electron chi connectivity index (χ2n) is 8.30. The maximum Gasteiger partial charge on any atom is 0.306 e. The lowest BCUT2D eigenvalue weighted by atomic mass is 10.0. The van der Waals surface area contributed by atoms with Crippen LogP contribution in [-0.4, -0.2) is 24.3 Å². The molecular formula is C28H29NO5. The molecule has 0 heterocycles. The van der Waals surface area contributed by atoms with E-state index in [1.54, 1.807) is 36.4 Å². The minimum absolute atomic E-state index is 0.0441. The molecule has 0 aliphatic heterocycles. The van der Waals surface area contributed by atoms with Gasteiger partial charge in [-0.2, -0.15) is 0 Å². The molecule has 1 N–H and O–H groups in total. The van der Waals surface area contributed by atoms with E-state index in [1.165, 1.54) is 5.56 Å². The number of Topliss-reactive ketones (excluding diaryl/α,β-unsaturated/α-hetero) is 1. The highest BCUT2D eigenvalue weighted by Crippen LogP contribution is 2.25. The molecule has 0 bridgehead atoms. The summed E-state index contributed by atoms with van der Waals surface area (Å²) in [7, 11) is 0. The van der Waals surface area contributed by atoms with Gasteiger partial charge < -0.3 is 14.8 Å². The van der Waals surface area contributed by atoms with Crippen molar-refractivity contribution in [1.82, 2.24) is 0 Å². The molecule has 0 atom stereocenters. The van der Waals surface area contributed by atoms with E-state index in [4.69, 9.17) is 9.47 Å². The third kappa shape index (κ3) is 7.04. The normalized spacial score (nSPS) is 10.5. The summed E-state index contributed by atoms with van der Waals surface area (Å²) in [6, 6.07) is 18.2. The molecule has 0 unspecified atom stereocenters. The van der Waals surface area contributed by atoms with Crippen LogP contribution in [0.4, 0.5) is 5.69 Å². The van der Waals surface area contributed by atoms with Gasteiger partial charge in [0.25, 0.3) is 0 Å². The molecular weight excluding hydrogens is 430 g/mol. The zero-order chi connectivity index (χ0) is 24.7. The number of hydrogen-bond acceptors (Lipinski definition) is 5. The van der Waals surface area contributed by atoms with Crippen molar-refractivity contribution in [3.05, 3.63) is 88.5 Å². The summed E-state index contributed by atoms with van der Waals surface area (Å²) in [5.41, 5.74) is 5.52. The first-order valence-electron chi connectivity index (χ1n) is 11.1. The minimum Gasteiger partial charge on any atom is -0.457 e. The van der Waals surface area contributed by atoms with E-state index >= 15 is 0 Å². The van der Waals surface area contributed by atoms with E-state index < -0.39 is 5.97 Å². The highest BCUT2D eigenvalue weighted by Gasteiger charge is 2.13. The number of esters is 1. The van der Waals surface area contributed by atoms with Gasteiger partial charge in [0, 0.05) is 17.7 Å². The number of rotatable bonds is 9. The van der Waals surface area contributed by atoms with E-state index in [0.717, 1.165) is 22.4 Å². The SMILES string of the molecule is Cc1ccc(Oc2ccc(NC(=O)CCC(=O)OCC(=O)c3ccc(C)c(C)c3)cc2)cc1C. The predicted octanol–water partition coefficient (Wildman–Crippen LogP) is 5.86. The summed E-state index contributed by atoms with van der Waals surface area (Å²) in [5, 5.41) is 2.74. The number of aryl methyl sites for hydroxylation is 4. The van der Waals surface area contributed by atoms with Crippen molar-refractivity contribution in [1.29, 1.82) is 0 Å². The second kappa shape index (κ2) is 11.3. The molecule has 0 fully saturated rings. The van der Waals surface area contributed by atoms with Crippen molar-refractivity contribution < 1.29 is 23.9 Å². The Kier molecular flexibility index (Phi) is 8.19. The number of ether oxygens (including phenoxy) is 2. The highest BCUT2D eigenvalue weighted by molar-refractivity contribution is 5.98. The number of hydrogen-bond donors (Lipinski definition) is 1. The number of nitrogens with one attached hydrogen (secondary N) is 1. The summed E-state index contributed by atoms with van der Waals surface area (Å²) < 4.78 is 10.9. The van der Waals surface area contributed by atoms with Gasteiger partial charge in [0.1, 0.15) is 11.5 Å². The monoisotopic (exact) mass is 459 g/mol. The number of anilines is 1. The largest absolute Gasteiger partial charge is 0.457 e. The van der Waals surface area contributed by atoms with Gasteiger partial charge in [-0.3, -0.25) is 14.4 Å². The maximum atomic E-state index is 12.2. The predicted molar refractivity (Wildman–Crippen MR) is 132 cm³/mol. The zero-order valence-electron chi connectivity index (χ0n) is 19.9. The van der Waals surface area contributed by atoms with Gasteiger partial charge in [-0.1, -0.05) is 18.2 Å². The lowest BCUT2D eigenvalue weighted by Gasteiger charge is -2.10. The Hall–Kier alpha value is -3.93. The molecule has 176 valence electrons. The third-order valence-corrected chi connectivity index (χ3v) is 5.60. The average Bonchev–Trinajstić information content (AvgIpc) is 2.81.